The molecule has 35 heavy (non-hydrogen) atoms. The Hall–Kier alpha value is -3.73. The molecular weight excluding hydrogens is 466 g/mol. The molecule has 5 rings (SSSR count). The number of thiophene rings is 1. The molecule has 2 fully saturated rings. The number of rotatable bonds is 8. The first-order valence-corrected chi connectivity index (χ1v) is 12.6. The quantitative estimate of drug-likeness (QED) is 0.217. The highest BCUT2D eigenvalue weighted by Crippen LogP contribution is 2.29. The van der Waals surface area contributed by atoms with Gasteiger partial charge in [0, 0.05) is 26.2 Å². The minimum absolute atomic E-state index is 0.346. The van der Waals surface area contributed by atoms with Crippen LogP contribution in [0.2, 0.25) is 0 Å². The van der Waals surface area contributed by atoms with E-state index in [4.69, 9.17) is 14.5 Å². The monoisotopic (exact) mass is 493 g/mol. The number of nitrogens with zero attached hydrogens (tertiary/aromatic N) is 6. The Balaban J connectivity index is 1.30. The van der Waals surface area contributed by atoms with Crippen LogP contribution in [-0.4, -0.2) is 60.4 Å². The summed E-state index contributed by atoms with van der Waals surface area (Å²) in [5.74, 6) is 2.16. The van der Waals surface area contributed by atoms with Gasteiger partial charge in [0.1, 0.15) is 4.88 Å². The first kappa shape index (κ1) is 23.0. The van der Waals surface area contributed by atoms with E-state index < -0.39 is 5.97 Å². The first-order chi connectivity index (χ1) is 17.2. The van der Waals surface area contributed by atoms with Crippen LogP contribution in [0.15, 0.2) is 40.8 Å². The van der Waals surface area contributed by atoms with Crippen LogP contribution in [0.1, 0.15) is 40.9 Å². The second kappa shape index (κ2) is 10.7. The fraction of sp³-hybridized carbons (Fsp3) is 0.375. The topological polar surface area (TPSA) is 105 Å². The summed E-state index contributed by atoms with van der Waals surface area (Å²) in [5.41, 5.74) is 3.72. The number of hydrazone groups is 1. The number of carbonyl (C=O) groups excluding carboxylic acids is 1. The van der Waals surface area contributed by atoms with Gasteiger partial charge in [-0.3, -0.25) is 0 Å². The molecule has 10 nitrogen and oxygen atoms in total. The smallest absolute Gasteiger partial charge is 0.353 e. The molecule has 182 valence electrons. The minimum atomic E-state index is -0.418. The largest absolute Gasteiger partial charge is 0.493 e. The molecule has 0 spiro atoms. The lowest BCUT2D eigenvalue weighted by Gasteiger charge is -2.20. The Morgan fingerprint density at radius 2 is 1.69 bits per heavy atom. The van der Waals surface area contributed by atoms with E-state index in [0.29, 0.717) is 34.2 Å². The molecule has 2 aromatic heterocycles. The van der Waals surface area contributed by atoms with Crippen LogP contribution in [0.3, 0.4) is 0 Å². The van der Waals surface area contributed by atoms with Crippen molar-refractivity contribution in [1.82, 2.24) is 15.0 Å². The maximum Gasteiger partial charge on any atom is 0.353 e. The number of esters is 1. The number of anilines is 3. The zero-order valence-electron chi connectivity index (χ0n) is 19.5. The Morgan fingerprint density at radius 1 is 1.00 bits per heavy atom. The highest BCUT2D eigenvalue weighted by Gasteiger charge is 2.21. The molecule has 0 amide bonds. The van der Waals surface area contributed by atoms with Gasteiger partial charge in [-0.05, 0) is 60.9 Å². The average Bonchev–Trinajstić information content (AvgIpc) is 3.67. The van der Waals surface area contributed by atoms with Crippen LogP contribution >= 0.6 is 11.3 Å². The third-order valence-corrected chi connectivity index (χ3v) is 6.73. The van der Waals surface area contributed by atoms with Gasteiger partial charge < -0.3 is 19.3 Å². The molecule has 11 heteroatoms. The highest BCUT2D eigenvalue weighted by atomic mass is 32.1. The summed E-state index contributed by atoms with van der Waals surface area (Å²) in [4.78, 5) is 31.1. The van der Waals surface area contributed by atoms with Gasteiger partial charge in [0.2, 0.25) is 17.8 Å². The Morgan fingerprint density at radius 3 is 2.29 bits per heavy atom. The van der Waals surface area contributed by atoms with Gasteiger partial charge in [-0.1, -0.05) is 6.07 Å². The second-order valence-electron chi connectivity index (χ2n) is 8.29. The lowest BCUT2D eigenvalue weighted by molar-refractivity contribution is 0.0735. The van der Waals surface area contributed by atoms with Crippen molar-refractivity contribution in [3.8, 4) is 11.5 Å². The van der Waals surface area contributed by atoms with Crippen molar-refractivity contribution in [3.63, 3.8) is 0 Å². The molecule has 0 bridgehead atoms. The fourth-order valence-corrected chi connectivity index (χ4v) is 4.68. The predicted octanol–water partition coefficient (Wildman–Crippen LogP) is 3.81. The third-order valence-electron chi connectivity index (χ3n) is 5.88. The van der Waals surface area contributed by atoms with E-state index in [-0.39, 0.29) is 0 Å². The SMILES string of the molecule is COc1cc(C=NNc2nc(N3CCCC3)nc(N3CCCC3)n2)ccc1OC(=O)c1cccs1. The van der Waals surface area contributed by atoms with E-state index in [0.717, 1.165) is 57.4 Å². The molecular formula is C24H27N7O3S. The average molecular weight is 494 g/mol. The van der Waals surface area contributed by atoms with Crippen molar-refractivity contribution < 1.29 is 14.3 Å². The van der Waals surface area contributed by atoms with Crippen molar-refractivity contribution in [2.24, 2.45) is 5.10 Å². The number of nitrogens with one attached hydrogen (secondary N) is 1. The Labute approximate surface area is 207 Å². The number of benzene rings is 1. The second-order valence-corrected chi connectivity index (χ2v) is 9.24. The Kier molecular flexibility index (Phi) is 7.03. The van der Waals surface area contributed by atoms with E-state index in [9.17, 15) is 4.79 Å². The lowest BCUT2D eigenvalue weighted by atomic mass is 10.2. The molecule has 4 heterocycles. The maximum atomic E-state index is 12.3. The summed E-state index contributed by atoms with van der Waals surface area (Å²) >= 11 is 1.33. The van der Waals surface area contributed by atoms with Crippen LogP contribution in [0, 0.1) is 0 Å². The molecule has 0 aliphatic carbocycles. The lowest BCUT2D eigenvalue weighted by Crippen LogP contribution is -2.25. The van der Waals surface area contributed by atoms with Crippen LogP contribution in [-0.2, 0) is 0 Å². The van der Waals surface area contributed by atoms with Crippen molar-refractivity contribution >= 4 is 41.4 Å². The van der Waals surface area contributed by atoms with Crippen LogP contribution in [0.25, 0.3) is 0 Å². The van der Waals surface area contributed by atoms with Crippen LogP contribution < -0.4 is 24.7 Å². The highest BCUT2D eigenvalue weighted by molar-refractivity contribution is 7.12. The van der Waals surface area contributed by atoms with Gasteiger partial charge in [-0.2, -0.15) is 20.1 Å². The number of hydrogen-bond acceptors (Lipinski definition) is 11. The van der Waals surface area contributed by atoms with Gasteiger partial charge in [0.15, 0.2) is 11.5 Å². The van der Waals surface area contributed by atoms with Crippen LogP contribution in [0.5, 0.6) is 11.5 Å². The predicted molar refractivity (Wildman–Crippen MR) is 136 cm³/mol. The molecule has 1 aromatic carbocycles. The van der Waals surface area contributed by atoms with E-state index in [2.05, 4.69) is 30.3 Å². The molecule has 2 aliphatic heterocycles. The first-order valence-electron chi connectivity index (χ1n) is 11.7. The summed E-state index contributed by atoms with van der Waals surface area (Å²) in [5, 5.41) is 6.16. The summed E-state index contributed by atoms with van der Waals surface area (Å²) < 4.78 is 10.9. The van der Waals surface area contributed by atoms with Gasteiger partial charge in [-0.15, -0.1) is 11.3 Å². The van der Waals surface area contributed by atoms with Gasteiger partial charge in [-0.25, -0.2) is 10.2 Å². The minimum Gasteiger partial charge on any atom is -0.493 e. The van der Waals surface area contributed by atoms with Gasteiger partial charge in [0.25, 0.3) is 0 Å². The van der Waals surface area contributed by atoms with E-state index in [1.54, 1.807) is 36.5 Å². The van der Waals surface area contributed by atoms with Crippen molar-refractivity contribution in [3.05, 3.63) is 46.2 Å². The summed E-state index contributed by atoms with van der Waals surface area (Å²) in [6.07, 6.45) is 6.22. The number of carbonyl (C=O) groups is 1. The molecule has 0 atom stereocenters. The normalized spacial score (nSPS) is 15.7. The zero-order chi connectivity index (χ0) is 24.0. The van der Waals surface area contributed by atoms with Crippen molar-refractivity contribution in [2.45, 2.75) is 25.7 Å². The Bertz CT molecular complexity index is 1160. The molecule has 0 saturated carbocycles. The number of aromatic nitrogens is 3. The number of methoxy groups -OCH3 is 1. The van der Waals surface area contributed by atoms with E-state index in [1.165, 1.54) is 18.4 Å². The van der Waals surface area contributed by atoms with Crippen LogP contribution in [0.4, 0.5) is 17.8 Å². The number of ether oxygens (including phenoxy) is 2. The zero-order valence-corrected chi connectivity index (χ0v) is 20.3. The van der Waals surface area contributed by atoms with E-state index in [1.807, 2.05) is 5.38 Å². The molecule has 1 N–H and O–H groups in total. The molecule has 3 aromatic rings. The molecule has 2 saturated heterocycles. The van der Waals surface area contributed by atoms with E-state index >= 15 is 0 Å². The molecule has 0 radical (unpaired) electrons. The molecule has 0 unspecified atom stereocenters. The summed E-state index contributed by atoms with van der Waals surface area (Å²) in [7, 11) is 1.53. The van der Waals surface area contributed by atoms with Crippen molar-refractivity contribution in [1.29, 1.82) is 0 Å². The fourth-order valence-electron chi connectivity index (χ4n) is 4.08. The summed E-state index contributed by atoms with van der Waals surface area (Å²) in [6, 6.07) is 8.76. The molecule has 2 aliphatic rings. The van der Waals surface area contributed by atoms with Gasteiger partial charge in [0.05, 0.1) is 13.3 Å². The summed E-state index contributed by atoms with van der Waals surface area (Å²) in [6.45, 7) is 3.81. The third kappa shape index (κ3) is 5.51. The number of hydrogen-bond donors (Lipinski definition) is 1. The maximum absolute atomic E-state index is 12.3. The standard InChI is InChI=1S/C24H27N7O3S/c1-33-19-15-17(8-9-18(19)34-21(32)20-7-6-14-35-20)16-25-29-22-26-23(30-10-2-3-11-30)28-24(27-22)31-12-4-5-13-31/h6-9,14-16H,2-5,10-13H2,1H3,(H,26,27,28,29). The van der Waals surface area contributed by atoms with Gasteiger partial charge >= 0.3 is 5.97 Å². The van der Waals surface area contributed by atoms with Crippen molar-refractivity contribution in [2.75, 3.05) is 48.5 Å².